The number of aromatic nitrogens is 1. The molecule has 0 spiro atoms. The molecule has 1 aromatic heterocycles. The molecule has 0 aliphatic carbocycles. The van der Waals surface area contributed by atoms with E-state index in [0.717, 1.165) is 5.56 Å². The first kappa shape index (κ1) is 14.8. The first-order valence-corrected chi connectivity index (χ1v) is 7.42. The van der Waals surface area contributed by atoms with Crippen LogP contribution in [0.2, 0.25) is 0 Å². The summed E-state index contributed by atoms with van der Waals surface area (Å²) in [5, 5.41) is 0. The lowest BCUT2D eigenvalue weighted by atomic mass is 10.2. The number of pyridine rings is 1. The maximum Gasteiger partial charge on any atom is 0.410 e. The highest BCUT2D eigenvalue weighted by atomic mass is 16.6. The van der Waals surface area contributed by atoms with Crippen LogP contribution in [0.15, 0.2) is 24.5 Å². The molecular weight excluding hydrogens is 284 g/mol. The van der Waals surface area contributed by atoms with E-state index in [0.29, 0.717) is 39.3 Å². The molecule has 2 aliphatic heterocycles. The first-order valence-electron chi connectivity index (χ1n) is 7.42. The van der Waals surface area contributed by atoms with E-state index >= 15 is 0 Å². The van der Waals surface area contributed by atoms with Crippen molar-refractivity contribution >= 4 is 12.0 Å². The van der Waals surface area contributed by atoms with Crippen molar-refractivity contribution in [3.05, 3.63) is 30.1 Å². The van der Waals surface area contributed by atoms with Crippen molar-refractivity contribution < 1.29 is 14.3 Å². The molecule has 0 N–H and O–H groups in total. The summed E-state index contributed by atoms with van der Waals surface area (Å²) in [7, 11) is 1.93. The normalized spacial score (nSPS) is 21.0. The molecule has 22 heavy (non-hydrogen) atoms. The molecule has 3 rings (SSSR count). The first-order chi connectivity index (χ1) is 10.6. The Morgan fingerprint density at radius 1 is 1.41 bits per heavy atom. The average molecular weight is 304 g/mol. The standard InChI is InChI=1S/C15H20N4O3/c1-17(8-12-2-4-16-5-3-12)10-14(20)18-6-7-19-13(9-18)11-22-15(19)21/h2-5,13H,6-11H2,1H3. The molecule has 7 heteroatoms. The molecule has 1 unspecified atom stereocenters. The summed E-state index contributed by atoms with van der Waals surface area (Å²) >= 11 is 0. The van der Waals surface area contributed by atoms with Gasteiger partial charge in [-0.05, 0) is 24.7 Å². The van der Waals surface area contributed by atoms with Gasteiger partial charge in [0.1, 0.15) is 6.61 Å². The van der Waals surface area contributed by atoms with Crippen molar-refractivity contribution in [3.8, 4) is 0 Å². The zero-order valence-corrected chi connectivity index (χ0v) is 12.6. The van der Waals surface area contributed by atoms with Crippen LogP contribution in [-0.2, 0) is 16.1 Å². The number of nitrogens with zero attached hydrogens (tertiary/aromatic N) is 4. The second-order valence-electron chi connectivity index (χ2n) is 5.79. The van der Waals surface area contributed by atoms with Gasteiger partial charge in [-0.1, -0.05) is 0 Å². The molecular formula is C15H20N4O3. The van der Waals surface area contributed by atoms with Crippen LogP contribution in [0.25, 0.3) is 0 Å². The van der Waals surface area contributed by atoms with Gasteiger partial charge in [0.15, 0.2) is 0 Å². The Balaban J connectivity index is 1.51. The summed E-state index contributed by atoms with van der Waals surface area (Å²) < 4.78 is 5.02. The number of amides is 2. The number of hydrogen-bond acceptors (Lipinski definition) is 5. The molecule has 2 amide bonds. The van der Waals surface area contributed by atoms with Crippen LogP contribution in [0.3, 0.4) is 0 Å². The second kappa shape index (κ2) is 6.31. The van der Waals surface area contributed by atoms with Crippen LogP contribution in [0, 0.1) is 0 Å². The molecule has 1 atom stereocenters. The number of ether oxygens (including phenoxy) is 1. The minimum absolute atomic E-state index is 0.00991. The zero-order valence-electron chi connectivity index (χ0n) is 12.6. The molecule has 118 valence electrons. The van der Waals surface area contributed by atoms with E-state index < -0.39 is 0 Å². The third-order valence-electron chi connectivity index (χ3n) is 4.08. The fourth-order valence-electron chi connectivity index (χ4n) is 2.90. The predicted octanol–water partition coefficient (Wildman–Crippen LogP) is 0.176. The van der Waals surface area contributed by atoms with Gasteiger partial charge >= 0.3 is 6.09 Å². The summed E-state index contributed by atoms with van der Waals surface area (Å²) in [6, 6.07) is 3.90. The molecule has 0 saturated carbocycles. The predicted molar refractivity (Wildman–Crippen MR) is 79.0 cm³/mol. The SMILES string of the molecule is CN(CC(=O)N1CCN2C(=O)OCC2C1)Cc1ccncc1. The number of hydrogen-bond donors (Lipinski definition) is 0. The highest BCUT2D eigenvalue weighted by Gasteiger charge is 2.38. The minimum atomic E-state index is -0.257. The number of fused-ring (bicyclic) bond motifs is 1. The quantitative estimate of drug-likeness (QED) is 0.794. The van der Waals surface area contributed by atoms with E-state index in [4.69, 9.17) is 4.74 Å². The lowest BCUT2D eigenvalue weighted by Gasteiger charge is -2.36. The van der Waals surface area contributed by atoms with Crippen LogP contribution in [0.5, 0.6) is 0 Å². The minimum Gasteiger partial charge on any atom is -0.447 e. The van der Waals surface area contributed by atoms with Gasteiger partial charge in [-0.15, -0.1) is 0 Å². The molecule has 2 saturated heterocycles. The Kier molecular flexibility index (Phi) is 4.24. The van der Waals surface area contributed by atoms with Crippen LogP contribution >= 0.6 is 0 Å². The summed E-state index contributed by atoms with van der Waals surface area (Å²) in [6.45, 7) is 3.16. The highest BCUT2D eigenvalue weighted by Crippen LogP contribution is 2.18. The summed E-state index contributed by atoms with van der Waals surface area (Å²) in [5.74, 6) is 0.0931. The Labute approximate surface area is 129 Å². The number of rotatable bonds is 4. The van der Waals surface area contributed by atoms with Crippen LogP contribution in [0.4, 0.5) is 4.79 Å². The fourth-order valence-corrected chi connectivity index (χ4v) is 2.90. The van der Waals surface area contributed by atoms with E-state index in [1.54, 1.807) is 17.3 Å². The molecule has 0 aromatic carbocycles. The van der Waals surface area contributed by atoms with Crippen molar-refractivity contribution in [3.63, 3.8) is 0 Å². The highest BCUT2D eigenvalue weighted by molar-refractivity contribution is 5.79. The van der Waals surface area contributed by atoms with Gasteiger partial charge in [0, 0.05) is 38.6 Å². The van der Waals surface area contributed by atoms with Crippen LogP contribution in [-0.4, -0.2) is 77.6 Å². The van der Waals surface area contributed by atoms with Gasteiger partial charge in [0.25, 0.3) is 0 Å². The molecule has 2 aliphatic rings. The number of carbonyl (C=O) groups excluding carboxylic acids is 2. The smallest absolute Gasteiger partial charge is 0.410 e. The Morgan fingerprint density at radius 2 is 2.18 bits per heavy atom. The van der Waals surface area contributed by atoms with Gasteiger partial charge in [0.05, 0.1) is 12.6 Å². The Hall–Kier alpha value is -2.15. The van der Waals surface area contributed by atoms with Crippen molar-refractivity contribution in [2.75, 3.05) is 39.8 Å². The van der Waals surface area contributed by atoms with E-state index in [1.807, 2.05) is 29.0 Å². The number of likely N-dealkylation sites (N-methyl/N-ethyl adjacent to an activating group) is 1. The molecule has 3 heterocycles. The van der Waals surface area contributed by atoms with E-state index in [-0.39, 0.29) is 18.0 Å². The molecule has 0 radical (unpaired) electrons. The largest absolute Gasteiger partial charge is 0.447 e. The van der Waals surface area contributed by atoms with Gasteiger partial charge in [0.2, 0.25) is 5.91 Å². The third kappa shape index (κ3) is 3.19. The summed E-state index contributed by atoms with van der Waals surface area (Å²) in [6.07, 6.45) is 3.25. The molecule has 2 fully saturated rings. The number of cyclic esters (lactones) is 1. The maximum atomic E-state index is 12.4. The molecule has 7 nitrogen and oxygen atoms in total. The summed E-state index contributed by atoms with van der Waals surface area (Å²) in [4.78, 5) is 33.4. The van der Waals surface area contributed by atoms with Crippen LogP contribution < -0.4 is 0 Å². The summed E-state index contributed by atoms with van der Waals surface area (Å²) in [5.41, 5.74) is 1.13. The van der Waals surface area contributed by atoms with Crippen molar-refractivity contribution in [2.24, 2.45) is 0 Å². The third-order valence-corrected chi connectivity index (χ3v) is 4.08. The topological polar surface area (TPSA) is 66.0 Å². The van der Waals surface area contributed by atoms with E-state index in [2.05, 4.69) is 4.98 Å². The number of piperazine rings is 1. The Bertz CT molecular complexity index is 551. The van der Waals surface area contributed by atoms with Gasteiger partial charge in [-0.25, -0.2) is 4.79 Å². The van der Waals surface area contributed by atoms with Crippen molar-refractivity contribution in [1.29, 1.82) is 0 Å². The maximum absolute atomic E-state index is 12.4. The van der Waals surface area contributed by atoms with Gasteiger partial charge < -0.3 is 9.64 Å². The van der Waals surface area contributed by atoms with Crippen molar-refractivity contribution in [1.82, 2.24) is 19.7 Å². The zero-order chi connectivity index (χ0) is 15.5. The van der Waals surface area contributed by atoms with Gasteiger partial charge in [-0.2, -0.15) is 0 Å². The fraction of sp³-hybridized carbons (Fsp3) is 0.533. The van der Waals surface area contributed by atoms with Crippen molar-refractivity contribution in [2.45, 2.75) is 12.6 Å². The molecule has 0 bridgehead atoms. The second-order valence-corrected chi connectivity index (χ2v) is 5.79. The molecule has 1 aromatic rings. The average Bonchev–Trinajstić information content (AvgIpc) is 2.89. The lowest BCUT2D eigenvalue weighted by Crippen LogP contribution is -2.55. The van der Waals surface area contributed by atoms with Gasteiger partial charge in [-0.3, -0.25) is 19.6 Å². The van der Waals surface area contributed by atoms with E-state index in [9.17, 15) is 9.59 Å². The lowest BCUT2D eigenvalue weighted by molar-refractivity contribution is -0.134. The van der Waals surface area contributed by atoms with E-state index in [1.165, 1.54) is 0 Å². The monoisotopic (exact) mass is 304 g/mol. The Morgan fingerprint density at radius 3 is 2.95 bits per heavy atom. The number of carbonyl (C=O) groups is 2. The van der Waals surface area contributed by atoms with Crippen LogP contribution in [0.1, 0.15) is 5.56 Å².